The second kappa shape index (κ2) is 10.2. The molecule has 182 valence electrons. The number of esters is 1. The number of methoxy groups -OCH3 is 1. The molecule has 0 bridgehead atoms. The molecule has 35 heavy (non-hydrogen) atoms. The summed E-state index contributed by atoms with van der Waals surface area (Å²) in [6.07, 6.45) is 1.64. The van der Waals surface area contributed by atoms with Gasteiger partial charge in [-0.05, 0) is 55.3 Å². The fraction of sp³-hybridized carbons (Fsp3) is 0.240. The van der Waals surface area contributed by atoms with E-state index in [1.165, 1.54) is 28.0 Å². The van der Waals surface area contributed by atoms with Crippen LogP contribution >= 0.6 is 11.3 Å². The number of hydrogen-bond acceptors (Lipinski definition) is 7. The average molecular weight is 501 g/mol. The second-order valence-corrected chi connectivity index (χ2v) is 8.53. The molecule has 0 amide bonds. The molecule has 4 rings (SSSR count). The maximum atomic E-state index is 13.5. The Labute approximate surface area is 203 Å². The van der Waals surface area contributed by atoms with E-state index in [-0.39, 0.29) is 23.5 Å². The van der Waals surface area contributed by atoms with Crippen LogP contribution in [0.4, 0.5) is 8.78 Å². The quantitative estimate of drug-likeness (QED) is 0.465. The molecular formula is C25H22F2N2O5S. The van der Waals surface area contributed by atoms with Crippen LogP contribution in [0, 0.1) is 0 Å². The van der Waals surface area contributed by atoms with Crippen LogP contribution in [0.25, 0.3) is 6.08 Å². The highest BCUT2D eigenvalue weighted by Gasteiger charge is 2.33. The molecule has 3 aromatic rings. The summed E-state index contributed by atoms with van der Waals surface area (Å²) >= 11 is 1.17. The first-order chi connectivity index (χ1) is 16.8. The van der Waals surface area contributed by atoms with Crippen LogP contribution in [0.5, 0.6) is 11.5 Å². The van der Waals surface area contributed by atoms with E-state index < -0.39 is 18.6 Å². The Kier molecular flexibility index (Phi) is 7.11. The molecule has 10 heteroatoms. The molecule has 0 spiro atoms. The summed E-state index contributed by atoms with van der Waals surface area (Å²) in [5.41, 5.74) is 1.73. The smallest absolute Gasteiger partial charge is 0.387 e. The van der Waals surface area contributed by atoms with Crippen LogP contribution in [0.1, 0.15) is 31.0 Å². The van der Waals surface area contributed by atoms with Crippen LogP contribution in [0.2, 0.25) is 0 Å². The number of aromatic nitrogens is 1. The minimum Gasteiger partial charge on any atom is -0.497 e. The lowest BCUT2D eigenvalue weighted by molar-refractivity contribution is -0.139. The van der Waals surface area contributed by atoms with Crippen molar-refractivity contribution in [3.05, 3.63) is 90.6 Å². The van der Waals surface area contributed by atoms with Gasteiger partial charge in [-0.3, -0.25) is 9.36 Å². The third kappa shape index (κ3) is 5.02. The Morgan fingerprint density at radius 2 is 1.80 bits per heavy atom. The molecular weight excluding hydrogens is 478 g/mol. The second-order valence-electron chi connectivity index (χ2n) is 7.52. The number of thiazole rings is 1. The van der Waals surface area contributed by atoms with E-state index in [9.17, 15) is 18.4 Å². The van der Waals surface area contributed by atoms with E-state index in [4.69, 9.17) is 9.47 Å². The number of ether oxygens (including phenoxy) is 3. The van der Waals surface area contributed by atoms with Gasteiger partial charge in [0.25, 0.3) is 5.56 Å². The third-order valence-electron chi connectivity index (χ3n) is 5.35. The van der Waals surface area contributed by atoms with Gasteiger partial charge in [0, 0.05) is 0 Å². The Balaban J connectivity index is 1.85. The van der Waals surface area contributed by atoms with Gasteiger partial charge in [-0.25, -0.2) is 9.79 Å². The van der Waals surface area contributed by atoms with Crippen molar-refractivity contribution in [2.45, 2.75) is 26.5 Å². The third-order valence-corrected chi connectivity index (χ3v) is 6.33. The van der Waals surface area contributed by atoms with Crippen LogP contribution in [-0.2, 0) is 9.53 Å². The van der Waals surface area contributed by atoms with Crippen molar-refractivity contribution in [1.82, 2.24) is 4.57 Å². The monoisotopic (exact) mass is 500 g/mol. The summed E-state index contributed by atoms with van der Waals surface area (Å²) < 4.78 is 41.6. The van der Waals surface area contributed by atoms with E-state index in [2.05, 4.69) is 9.73 Å². The molecule has 1 unspecified atom stereocenters. The van der Waals surface area contributed by atoms with Gasteiger partial charge in [-0.15, -0.1) is 0 Å². The Hall–Kier alpha value is -3.79. The highest BCUT2D eigenvalue weighted by Crippen LogP contribution is 2.31. The lowest BCUT2D eigenvalue weighted by Crippen LogP contribution is -2.39. The van der Waals surface area contributed by atoms with Crippen molar-refractivity contribution in [3.8, 4) is 11.5 Å². The van der Waals surface area contributed by atoms with E-state index >= 15 is 0 Å². The number of carbonyl (C=O) groups excluding carboxylic acids is 1. The first-order valence-corrected chi connectivity index (χ1v) is 11.5. The number of halogens is 2. The van der Waals surface area contributed by atoms with Gasteiger partial charge in [-0.1, -0.05) is 35.6 Å². The maximum Gasteiger partial charge on any atom is 0.387 e. The number of benzene rings is 2. The predicted octanol–water partition coefficient (Wildman–Crippen LogP) is 3.41. The molecule has 2 heterocycles. The molecule has 1 aliphatic rings. The minimum atomic E-state index is -2.92. The summed E-state index contributed by atoms with van der Waals surface area (Å²) in [6.45, 7) is 0.685. The Morgan fingerprint density at radius 3 is 2.40 bits per heavy atom. The maximum absolute atomic E-state index is 13.5. The molecule has 0 aliphatic carbocycles. The standard InChI is InChI=1S/C25H22F2N2O5S/c1-4-33-23(31)20-14(2)28-25-29(21(20)16-7-11-17(32-3)12-8-16)22(30)19(35-25)13-15-5-9-18(10-6-15)34-24(26)27/h5-13,21,24H,4H2,1-3H3. The molecule has 7 nitrogen and oxygen atoms in total. The number of nitrogens with zero attached hydrogens (tertiary/aromatic N) is 2. The zero-order chi connectivity index (χ0) is 25.1. The molecule has 1 aliphatic heterocycles. The first-order valence-electron chi connectivity index (χ1n) is 10.7. The molecule has 0 radical (unpaired) electrons. The fourth-order valence-electron chi connectivity index (χ4n) is 3.79. The Morgan fingerprint density at radius 1 is 1.14 bits per heavy atom. The number of hydrogen-bond donors (Lipinski definition) is 0. The SMILES string of the molecule is CCOC(=O)C1=C(C)N=c2sc(=Cc3ccc(OC(F)F)cc3)c(=O)n2C1c1ccc(OC)cc1. The zero-order valence-electron chi connectivity index (χ0n) is 19.2. The van der Waals surface area contributed by atoms with Crippen molar-refractivity contribution in [3.63, 3.8) is 0 Å². The van der Waals surface area contributed by atoms with Crippen LogP contribution < -0.4 is 24.4 Å². The normalized spacial score (nSPS) is 15.6. The van der Waals surface area contributed by atoms with E-state index in [1.807, 2.05) is 0 Å². The molecule has 2 aromatic carbocycles. The van der Waals surface area contributed by atoms with E-state index in [1.54, 1.807) is 63.4 Å². The summed E-state index contributed by atoms with van der Waals surface area (Å²) in [5, 5.41) is 0. The summed E-state index contributed by atoms with van der Waals surface area (Å²) in [7, 11) is 1.55. The number of carbonyl (C=O) groups is 1. The van der Waals surface area contributed by atoms with Crippen molar-refractivity contribution in [2.75, 3.05) is 13.7 Å². The lowest BCUT2D eigenvalue weighted by atomic mass is 9.96. The molecule has 0 saturated carbocycles. The van der Waals surface area contributed by atoms with Crippen molar-refractivity contribution < 1.29 is 27.8 Å². The van der Waals surface area contributed by atoms with Crippen molar-refractivity contribution in [1.29, 1.82) is 0 Å². The number of rotatable bonds is 7. The van der Waals surface area contributed by atoms with Crippen LogP contribution in [0.3, 0.4) is 0 Å². The summed E-state index contributed by atoms with van der Waals surface area (Å²) in [4.78, 5) is 31.4. The van der Waals surface area contributed by atoms with Crippen LogP contribution in [0.15, 0.2) is 69.6 Å². The zero-order valence-corrected chi connectivity index (χ0v) is 20.0. The van der Waals surface area contributed by atoms with Gasteiger partial charge in [0.15, 0.2) is 4.80 Å². The van der Waals surface area contributed by atoms with Gasteiger partial charge < -0.3 is 14.2 Å². The molecule has 0 saturated heterocycles. The Bertz CT molecular complexity index is 1440. The van der Waals surface area contributed by atoms with E-state index in [0.717, 1.165) is 0 Å². The predicted molar refractivity (Wildman–Crippen MR) is 126 cm³/mol. The molecule has 0 fully saturated rings. The number of alkyl halides is 2. The molecule has 1 aromatic heterocycles. The first kappa shape index (κ1) is 24.3. The summed E-state index contributed by atoms with van der Waals surface area (Å²) in [5.74, 6) is 0.116. The van der Waals surface area contributed by atoms with Gasteiger partial charge in [0.05, 0.1) is 35.6 Å². The van der Waals surface area contributed by atoms with E-state index in [0.29, 0.717) is 31.9 Å². The molecule has 0 N–H and O–H groups in total. The minimum absolute atomic E-state index is 0.0211. The van der Waals surface area contributed by atoms with Gasteiger partial charge >= 0.3 is 12.6 Å². The number of allylic oxidation sites excluding steroid dienone is 1. The topological polar surface area (TPSA) is 79.1 Å². The number of fused-ring (bicyclic) bond motifs is 1. The van der Waals surface area contributed by atoms with Crippen LogP contribution in [-0.4, -0.2) is 30.9 Å². The summed E-state index contributed by atoms with van der Waals surface area (Å²) in [6, 6.07) is 12.3. The van der Waals surface area contributed by atoms with Gasteiger partial charge in [0.2, 0.25) is 0 Å². The highest BCUT2D eigenvalue weighted by atomic mass is 32.1. The largest absolute Gasteiger partial charge is 0.497 e. The molecule has 1 atom stereocenters. The van der Waals surface area contributed by atoms with Crippen molar-refractivity contribution >= 4 is 23.4 Å². The lowest BCUT2D eigenvalue weighted by Gasteiger charge is -2.24. The average Bonchev–Trinajstić information content (AvgIpc) is 3.13. The highest BCUT2D eigenvalue weighted by molar-refractivity contribution is 7.07. The fourth-order valence-corrected chi connectivity index (χ4v) is 4.84. The van der Waals surface area contributed by atoms with Crippen molar-refractivity contribution in [2.24, 2.45) is 4.99 Å². The van der Waals surface area contributed by atoms with Gasteiger partial charge in [0.1, 0.15) is 11.5 Å². The van der Waals surface area contributed by atoms with Gasteiger partial charge in [-0.2, -0.15) is 8.78 Å².